The van der Waals surface area contributed by atoms with Crippen LogP contribution in [-0.2, 0) is 7.05 Å². The molecule has 0 aliphatic carbocycles. The fourth-order valence-electron chi connectivity index (χ4n) is 1.93. The maximum absolute atomic E-state index is 11.8. The van der Waals surface area contributed by atoms with E-state index < -0.39 is 5.97 Å². The lowest BCUT2D eigenvalue weighted by molar-refractivity contribution is 0.0686. The Hall–Kier alpha value is -1.81. The molecule has 1 aromatic heterocycles. The second kappa shape index (κ2) is 3.89. The van der Waals surface area contributed by atoms with Crippen LogP contribution in [0.3, 0.4) is 0 Å². The molecule has 17 heavy (non-hydrogen) atoms. The molecular formula is C12H10ClNO3. The number of hydrogen-bond donors (Lipinski definition) is 1. The van der Waals surface area contributed by atoms with E-state index in [2.05, 4.69) is 0 Å². The average Bonchev–Trinajstić information content (AvgIpc) is 2.26. The molecule has 0 aliphatic heterocycles. The zero-order chi connectivity index (χ0) is 12.7. The monoisotopic (exact) mass is 251 g/mol. The molecule has 2 rings (SSSR count). The van der Waals surface area contributed by atoms with Crippen molar-refractivity contribution in [3.8, 4) is 0 Å². The lowest BCUT2D eigenvalue weighted by Crippen LogP contribution is -2.16. The van der Waals surface area contributed by atoms with Crippen LogP contribution in [0.2, 0.25) is 5.02 Å². The Balaban J connectivity index is 3.06. The van der Waals surface area contributed by atoms with Gasteiger partial charge in [0.1, 0.15) is 5.69 Å². The molecule has 0 fully saturated rings. The van der Waals surface area contributed by atoms with Crippen molar-refractivity contribution in [1.82, 2.24) is 4.57 Å². The van der Waals surface area contributed by atoms with E-state index in [1.807, 2.05) is 0 Å². The summed E-state index contributed by atoms with van der Waals surface area (Å²) < 4.78 is 1.47. The number of aryl methyl sites for hydroxylation is 2. The molecule has 0 saturated heterocycles. The highest BCUT2D eigenvalue weighted by molar-refractivity contribution is 6.32. The lowest BCUT2D eigenvalue weighted by atomic mass is 10.1. The Bertz CT molecular complexity index is 688. The number of carboxylic acids is 1. The fourth-order valence-corrected chi connectivity index (χ4v) is 2.08. The minimum absolute atomic E-state index is 0.0483. The molecule has 0 bridgehead atoms. The predicted molar refractivity (Wildman–Crippen MR) is 65.9 cm³/mol. The van der Waals surface area contributed by atoms with Gasteiger partial charge in [0.15, 0.2) is 5.43 Å². The number of aromatic nitrogens is 1. The molecule has 1 N–H and O–H groups in total. The third kappa shape index (κ3) is 1.70. The molecule has 4 nitrogen and oxygen atoms in total. The van der Waals surface area contributed by atoms with Gasteiger partial charge in [-0.1, -0.05) is 11.6 Å². The highest BCUT2D eigenvalue weighted by atomic mass is 35.5. The molecule has 1 heterocycles. The number of pyridine rings is 1. The van der Waals surface area contributed by atoms with Crippen molar-refractivity contribution in [1.29, 1.82) is 0 Å². The van der Waals surface area contributed by atoms with Gasteiger partial charge in [-0.05, 0) is 24.6 Å². The molecule has 0 aliphatic rings. The van der Waals surface area contributed by atoms with Gasteiger partial charge in [-0.3, -0.25) is 4.79 Å². The van der Waals surface area contributed by atoms with Gasteiger partial charge in [0.05, 0.1) is 5.52 Å². The van der Waals surface area contributed by atoms with Gasteiger partial charge >= 0.3 is 5.97 Å². The zero-order valence-corrected chi connectivity index (χ0v) is 10.1. The standard InChI is InChI=1S/C12H10ClNO3/c1-6-8(13)4-3-7-10(15)5-9(12(16)17)14(2)11(6)7/h3-5H,1-2H3,(H,16,17). The first-order valence-electron chi connectivity index (χ1n) is 4.95. The zero-order valence-electron chi connectivity index (χ0n) is 9.32. The van der Waals surface area contributed by atoms with Gasteiger partial charge in [0.2, 0.25) is 0 Å². The van der Waals surface area contributed by atoms with Gasteiger partial charge in [0, 0.05) is 23.5 Å². The van der Waals surface area contributed by atoms with E-state index >= 15 is 0 Å². The molecule has 0 atom stereocenters. The Kier molecular flexibility index (Phi) is 2.67. The summed E-state index contributed by atoms with van der Waals surface area (Å²) in [5, 5.41) is 10.00. The molecule has 88 valence electrons. The number of nitrogens with zero attached hydrogens (tertiary/aromatic N) is 1. The van der Waals surface area contributed by atoms with Gasteiger partial charge in [-0.15, -0.1) is 0 Å². The van der Waals surface area contributed by atoms with Gasteiger partial charge in [-0.2, -0.15) is 0 Å². The summed E-state index contributed by atoms with van der Waals surface area (Å²) >= 11 is 5.98. The first-order valence-corrected chi connectivity index (χ1v) is 5.33. The molecule has 0 saturated carbocycles. The molecule has 1 aromatic carbocycles. The number of fused-ring (bicyclic) bond motifs is 1. The van der Waals surface area contributed by atoms with Crippen LogP contribution >= 0.6 is 11.6 Å². The van der Waals surface area contributed by atoms with Crippen molar-refractivity contribution in [2.75, 3.05) is 0 Å². The number of carbonyl (C=O) groups is 1. The summed E-state index contributed by atoms with van der Waals surface area (Å²) in [6, 6.07) is 4.37. The SMILES string of the molecule is Cc1c(Cl)ccc2c(=O)cc(C(=O)O)n(C)c12. The maximum Gasteiger partial charge on any atom is 0.352 e. The van der Waals surface area contributed by atoms with Crippen LogP contribution in [0.15, 0.2) is 23.0 Å². The Morgan fingerprint density at radius 1 is 1.41 bits per heavy atom. The van der Waals surface area contributed by atoms with Crippen molar-refractivity contribution in [2.24, 2.45) is 7.05 Å². The van der Waals surface area contributed by atoms with Crippen LogP contribution < -0.4 is 5.43 Å². The number of aromatic carboxylic acids is 1. The van der Waals surface area contributed by atoms with Gasteiger partial charge in [-0.25, -0.2) is 4.79 Å². The van der Waals surface area contributed by atoms with E-state index in [1.165, 1.54) is 4.57 Å². The van der Waals surface area contributed by atoms with Crippen molar-refractivity contribution in [3.63, 3.8) is 0 Å². The van der Waals surface area contributed by atoms with Crippen LogP contribution in [-0.4, -0.2) is 15.6 Å². The van der Waals surface area contributed by atoms with E-state index in [4.69, 9.17) is 16.7 Å². The first-order chi connectivity index (χ1) is 7.93. The van der Waals surface area contributed by atoms with Gasteiger partial charge in [0.25, 0.3) is 0 Å². The Morgan fingerprint density at radius 2 is 2.06 bits per heavy atom. The summed E-state index contributed by atoms with van der Waals surface area (Å²) in [5.41, 5.74) is 0.900. The van der Waals surface area contributed by atoms with E-state index in [0.29, 0.717) is 21.5 Å². The van der Waals surface area contributed by atoms with Crippen molar-refractivity contribution < 1.29 is 9.90 Å². The molecule has 0 spiro atoms. The van der Waals surface area contributed by atoms with Crippen molar-refractivity contribution in [3.05, 3.63) is 44.7 Å². The van der Waals surface area contributed by atoms with E-state index in [9.17, 15) is 9.59 Å². The summed E-state index contributed by atoms with van der Waals surface area (Å²) in [7, 11) is 1.61. The molecule has 5 heteroatoms. The Morgan fingerprint density at radius 3 is 2.65 bits per heavy atom. The number of halogens is 1. The second-order valence-corrected chi connectivity index (χ2v) is 4.23. The fraction of sp³-hybridized carbons (Fsp3) is 0.167. The summed E-state index contributed by atoms with van der Waals surface area (Å²) in [6.45, 7) is 1.76. The Labute approximate surface area is 102 Å². The molecule has 0 amide bonds. The number of carboxylic acid groups (broad SMARTS) is 1. The second-order valence-electron chi connectivity index (χ2n) is 3.83. The van der Waals surface area contributed by atoms with E-state index in [0.717, 1.165) is 6.07 Å². The van der Waals surface area contributed by atoms with Crippen LogP contribution in [0.5, 0.6) is 0 Å². The van der Waals surface area contributed by atoms with Crippen LogP contribution in [0, 0.1) is 6.92 Å². The van der Waals surface area contributed by atoms with Crippen molar-refractivity contribution in [2.45, 2.75) is 6.92 Å². The van der Waals surface area contributed by atoms with E-state index in [1.54, 1.807) is 26.1 Å². The average molecular weight is 252 g/mol. The topological polar surface area (TPSA) is 59.3 Å². The van der Waals surface area contributed by atoms with Crippen LogP contribution in [0.1, 0.15) is 16.1 Å². The number of hydrogen-bond acceptors (Lipinski definition) is 2. The van der Waals surface area contributed by atoms with Crippen molar-refractivity contribution >= 4 is 28.5 Å². The van der Waals surface area contributed by atoms with E-state index in [-0.39, 0.29) is 11.1 Å². The minimum Gasteiger partial charge on any atom is -0.477 e. The minimum atomic E-state index is -1.13. The molecular weight excluding hydrogens is 242 g/mol. The third-order valence-corrected chi connectivity index (χ3v) is 3.22. The number of rotatable bonds is 1. The van der Waals surface area contributed by atoms with Gasteiger partial charge < -0.3 is 9.67 Å². The maximum atomic E-state index is 11.8. The van der Waals surface area contributed by atoms with Crippen LogP contribution in [0.4, 0.5) is 0 Å². The highest BCUT2D eigenvalue weighted by Gasteiger charge is 2.14. The molecule has 2 aromatic rings. The normalized spacial score (nSPS) is 10.8. The molecule has 0 radical (unpaired) electrons. The summed E-state index contributed by atoms with van der Waals surface area (Å²) in [5.74, 6) is -1.13. The van der Waals surface area contributed by atoms with Crippen LogP contribution in [0.25, 0.3) is 10.9 Å². The lowest BCUT2D eigenvalue weighted by Gasteiger charge is -2.12. The highest BCUT2D eigenvalue weighted by Crippen LogP contribution is 2.23. The molecule has 0 unspecified atom stereocenters. The largest absolute Gasteiger partial charge is 0.477 e. The quantitative estimate of drug-likeness (QED) is 0.845. The summed E-state index contributed by atoms with van der Waals surface area (Å²) in [6.07, 6.45) is 0. The third-order valence-electron chi connectivity index (χ3n) is 2.81. The number of benzene rings is 1. The first kappa shape index (κ1) is 11.7. The summed E-state index contributed by atoms with van der Waals surface area (Å²) in [4.78, 5) is 22.8. The smallest absolute Gasteiger partial charge is 0.352 e. The predicted octanol–water partition coefficient (Wildman–Crippen LogP) is 2.20.